The molecule has 1 fully saturated rings. The van der Waals surface area contributed by atoms with Crippen molar-refractivity contribution in [3.05, 3.63) is 47.2 Å². The number of urea groups is 1. The Hall–Kier alpha value is -3.01. The Balaban J connectivity index is 1.55. The molecule has 1 saturated carbocycles. The molecule has 1 aliphatic heterocycles. The van der Waals surface area contributed by atoms with Crippen LogP contribution in [0, 0.1) is 0 Å². The van der Waals surface area contributed by atoms with Crippen LogP contribution in [0.4, 0.5) is 10.6 Å². The molecule has 3 amide bonds. The lowest BCUT2D eigenvalue weighted by atomic mass is 9.83. The molecule has 1 aromatic heterocycles. The van der Waals surface area contributed by atoms with E-state index < -0.39 is 33.6 Å². The first kappa shape index (κ1) is 25.1. The van der Waals surface area contributed by atoms with E-state index in [0.29, 0.717) is 11.4 Å². The number of H-pyrrole nitrogens is 1. The summed E-state index contributed by atoms with van der Waals surface area (Å²) in [5.74, 6) is -0.0721. The van der Waals surface area contributed by atoms with E-state index in [-0.39, 0.29) is 17.2 Å². The van der Waals surface area contributed by atoms with E-state index in [1.54, 1.807) is 29.2 Å². The fourth-order valence-electron chi connectivity index (χ4n) is 5.02. The highest BCUT2D eigenvalue weighted by molar-refractivity contribution is 8.33. The fourth-order valence-corrected chi connectivity index (χ4v) is 7.15. The normalized spacial score (nSPS) is 19.2. The van der Waals surface area contributed by atoms with Gasteiger partial charge >= 0.3 is 12.0 Å². The third kappa shape index (κ3) is 4.17. The zero-order valence-corrected chi connectivity index (χ0v) is 22.0. The number of hydrogen-bond donors (Lipinski definition) is 3. The van der Waals surface area contributed by atoms with Gasteiger partial charge in [-0.25, -0.2) is 19.6 Å². The van der Waals surface area contributed by atoms with Gasteiger partial charge in [0.05, 0.1) is 29.6 Å². The lowest BCUT2D eigenvalue weighted by Crippen LogP contribution is -2.51. The monoisotopic (exact) mass is 501 g/mol. The number of fused-ring (bicyclic) bond motifs is 1. The highest BCUT2D eigenvalue weighted by Crippen LogP contribution is 2.60. The zero-order chi connectivity index (χ0) is 25.6. The number of amides is 3. The molecule has 1 atom stereocenters. The summed E-state index contributed by atoms with van der Waals surface area (Å²) in [5.41, 5.74) is 1.46. The number of rotatable bonds is 6. The highest BCUT2D eigenvalue weighted by atomic mass is 32.3. The largest absolute Gasteiger partial charge is 0.467 e. The van der Waals surface area contributed by atoms with Crippen LogP contribution < -0.4 is 10.6 Å². The number of nitrogens with one attached hydrogen (secondary N) is 3. The molecule has 1 aliphatic carbocycles. The van der Waals surface area contributed by atoms with Crippen molar-refractivity contribution in [2.45, 2.75) is 56.0 Å². The second kappa shape index (κ2) is 8.89. The van der Waals surface area contributed by atoms with Crippen LogP contribution in [-0.2, 0) is 26.4 Å². The Morgan fingerprint density at radius 3 is 2.34 bits per heavy atom. The van der Waals surface area contributed by atoms with Crippen molar-refractivity contribution in [3.63, 3.8) is 0 Å². The molecule has 3 N–H and O–H groups in total. The first-order valence-electron chi connectivity index (χ1n) is 11.7. The highest BCUT2D eigenvalue weighted by Gasteiger charge is 2.51. The van der Waals surface area contributed by atoms with Crippen molar-refractivity contribution in [2.24, 2.45) is 0 Å². The zero-order valence-electron chi connectivity index (χ0n) is 21.2. The van der Waals surface area contributed by atoms with Crippen LogP contribution in [0.5, 0.6) is 0 Å². The van der Waals surface area contributed by atoms with Gasteiger partial charge in [-0.05, 0) is 57.4 Å². The van der Waals surface area contributed by atoms with Crippen molar-refractivity contribution in [2.75, 3.05) is 31.2 Å². The van der Waals surface area contributed by atoms with E-state index in [2.05, 4.69) is 39.6 Å². The summed E-state index contributed by atoms with van der Waals surface area (Å²) in [6.45, 7) is 4.06. The lowest BCUT2D eigenvalue weighted by molar-refractivity contribution is -0.143. The van der Waals surface area contributed by atoms with Gasteiger partial charge in [-0.15, -0.1) is 0 Å². The molecule has 1 aromatic carbocycles. The summed E-state index contributed by atoms with van der Waals surface area (Å²) in [5, 5.41) is 13.3. The standard InChI is InChI=1S/C25H35N5O4S/c1-24(2)19-17(20(29-28-19)27-22(32)25(13-10-14-25)35(4,5)6)15-30(24)23(33)26-18(21(31)34-3)16-11-8-7-9-12-16/h7-9,11-12,18H,10,13-15H2,1-6H3,(H,26,33)(H2,27,28,29,32). The molecular weight excluding hydrogens is 466 g/mol. The maximum absolute atomic E-state index is 13.4. The molecule has 4 rings (SSSR count). The number of aromatic amines is 1. The maximum Gasteiger partial charge on any atom is 0.333 e. The van der Waals surface area contributed by atoms with Gasteiger partial charge in [0.1, 0.15) is 0 Å². The molecule has 0 radical (unpaired) electrons. The number of ether oxygens (including phenoxy) is 1. The number of esters is 1. The number of methoxy groups -OCH3 is 1. The second-order valence-electron chi connectivity index (χ2n) is 10.5. The third-order valence-corrected chi connectivity index (χ3v) is 10.5. The minimum Gasteiger partial charge on any atom is -0.467 e. The molecule has 2 aliphatic rings. The predicted molar refractivity (Wildman–Crippen MR) is 137 cm³/mol. The van der Waals surface area contributed by atoms with Crippen molar-refractivity contribution >= 4 is 33.8 Å². The van der Waals surface area contributed by atoms with Crippen LogP contribution in [0.2, 0.25) is 0 Å². The first-order chi connectivity index (χ1) is 16.4. The SMILES string of the molecule is COC(=O)C(NC(=O)N1Cc2c(NC(=O)C3(S(C)(C)C)CCC3)n[nH]c2C1(C)C)c1ccccc1. The topological polar surface area (TPSA) is 116 Å². The Bertz CT molecular complexity index is 1130. The van der Waals surface area contributed by atoms with E-state index in [0.717, 1.165) is 30.5 Å². The Kier molecular flexibility index (Phi) is 6.37. The molecule has 0 bridgehead atoms. The number of carbonyl (C=O) groups excluding carboxylic acids is 3. The summed E-state index contributed by atoms with van der Waals surface area (Å²) >= 11 is 0. The number of carbonyl (C=O) groups is 3. The average molecular weight is 502 g/mol. The van der Waals surface area contributed by atoms with Gasteiger partial charge in [-0.2, -0.15) is 5.10 Å². The summed E-state index contributed by atoms with van der Waals surface area (Å²) in [6.07, 6.45) is 9.37. The van der Waals surface area contributed by atoms with E-state index in [1.165, 1.54) is 7.11 Å². The van der Waals surface area contributed by atoms with Gasteiger partial charge in [-0.1, -0.05) is 30.3 Å². The lowest BCUT2D eigenvalue weighted by Gasteiger charge is -2.53. The minimum absolute atomic E-state index is 0.0103. The molecule has 9 nitrogen and oxygen atoms in total. The van der Waals surface area contributed by atoms with Gasteiger partial charge in [-0.3, -0.25) is 9.89 Å². The minimum atomic E-state index is -1.11. The summed E-state index contributed by atoms with van der Waals surface area (Å²) in [4.78, 5) is 40.9. The van der Waals surface area contributed by atoms with Crippen LogP contribution in [0.15, 0.2) is 30.3 Å². The van der Waals surface area contributed by atoms with Crippen LogP contribution >= 0.6 is 10.0 Å². The molecule has 1 unspecified atom stereocenters. The summed E-state index contributed by atoms with van der Waals surface area (Å²) in [6, 6.07) is 7.63. The van der Waals surface area contributed by atoms with E-state index in [9.17, 15) is 14.4 Å². The maximum atomic E-state index is 13.4. The number of aromatic nitrogens is 2. The molecule has 35 heavy (non-hydrogen) atoms. The van der Waals surface area contributed by atoms with Crippen molar-refractivity contribution < 1.29 is 19.1 Å². The van der Waals surface area contributed by atoms with E-state index >= 15 is 0 Å². The third-order valence-electron chi connectivity index (χ3n) is 7.53. The van der Waals surface area contributed by atoms with E-state index in [4.69, 9.17) is 4.74 Å². The Labute approximate surface area is 207 Å². The summed E-state index contributed by atoms with van der Waals surface area (Å²) < 4.78 is 4.59. The average Bonchev–Trinajstić information content (AvgIpc) is 3.28. The Morgan fingerprint density at radius 2 is 1.80 bits per heavy atom. The fraction of sp³-hybridized carbons (Fsp3) is 0.520. The number of anilines is 1. The smallest absolute Gasteiger partial charge is 0.333 e. The second-order valence-corrected chi connectivity index (χ2v) is 15.0. The summed E-state index contributed by atoms with van der Waals surface area (Å²) in [7, 11) is 0.185. The molecule has 0 spiro atoms. The van der Waals surface area contributed by atoms with Crippen molar-refractivity contribution in [1.82, 2.24) is 20.4 Å². The molecule has 10 heteroatoms. The molecule has 2 heterocycles. The van der Waals surface area contributed by atoms with Crippen molar-refractivity contribution in [1.29, 1.82) is 0 Å². The van der Waals surface area contributed by atoms with Gasteiger partial charge in [0.2, 0.25) is 5.91 Å². The van der Waals surface area contributed by atoms with Crippen LogP contribution in [-0.4, -0.2) is 63.6 Å². The van der Waals surface area contributed by atoms with Gasteiger partial charge in [0.25, 0.3) is 0 Å². The first-order valence-corrected chi connectivity index (χ1v) is 14.6. The van der Waals surface area contributed by atoms with Crippen LogP contribution in [0.3, 0.4) is 0 Å². The van der Waals surface area contributed by atoms with Gasteiger partial charge in [0.15, 0.2) is 11.9 Å². The van der Waals surface area contributed by atoms with Gasteiger partial charge in [0, 0.05) is 5.56 Å². The van der Waals surface area contributed by atoms with Crippen LogP contribution in [0.25, 0.3) is 0 Å². The van der Waals surface area contributed by atoms with Crippen molar-refractivity contribution in [3.8, 4) is 0 Å². The molecule has 0 saturated heterocycles. The molecular formula is C25H35N5O4S. The Morgan fingerprint density at radius 1 is 1.14 bits per heavy atom. The van der Waals surface area contributed by atoms with Gasteiger partial charge < -0.3 is 20.3 Å². The van der Waals surface area contributed by atoms with Crippen LogP contribution in [0.1, 0.15) is 56.0 Å². The van der Waals surface area contributed by atoms with E-state index in [1.807, 2.05) is 19.9 Å². The molecule has 2 aromatic rings. The number of benzene rings is 1. The number of hydrogen-bond acceptors (Lipinski definition) is 5. The quantitative estimate of drug-likeness (QED) is 0.523. The number of nitrogens with zero attached hydrogens (tertiary/aromatic N) is 2. The molecule has 190 valence electrons. The predicted octanol–water partition coefficient (Wildman–Crippen LogP) is 3.64.